The number of quaternary nitrogens is 1. The van der Waals surface area contributed by atoms with Gasteiger partial charge in [0.2, 0.25) is 17.0 Å². The van der Waals surface area contributed by atoms with E-state index in [2.05, 4.69) is 26.3 Å². The van der Waals surface area contributed by atoms with Crippen molar-refractivity contribution in [3.05, 3.63) is 52.0 Å². The molecule has 0 spiro atoms. The average molecular weight is 577 g/mol. The number of amides is 1. The zero-order valence-electron chi connectivity index (χ0n) is 22.7. The molecule has 5 aromatic heterocycles. The van der Waals surface area contributed by atoms with Gasteiger partial charge in [-0.25, -0.2) is 9.97 Å². The molecule has 15 heteroatoms. The van der Waals surface area contributed by atoms with Crippen LogP contribution in [0.2, 0.25) is 0 Å². The highest BCUT2D eigenvalue weighted by Gasteiger charge is 2.28. The van der Waals surface area contributed by atoms with Gasteiger partial charge >= 0.3 is 0 Å². The number of aromatic nitrogens is 5. The maximum Gasteiger partial charge on any atom is 0.254 e. The van der Waals surface area contributed by atoms with Gasteiger partial charge < -0.3 is 39.8 Å². The zero-order valence-corrected chi connectivity index (χ0v) is 22.7. The van der Waals surface area contributed by atoms with Crippen molar-refractivity contribution in [2.45, 2.75) is 44.2 Å². The van der Waals surface area contributed by atoms with Crippen LogP contribution < -0.4 is 27.1 Å². The molecule has 0 aromatic carbocycles. The zero-order chi connectivity index (χ0) is 28.8. The highest BCUT2D eigenvalue weighted by molar-refractivity contribution is 6.00. The molecular formula is C27H30N9O6+. The Morgan fingerprint density at radius 3 is 2.81 bits per heavy atom. The van der Waals surface area contributed by atoms with Gasteiger partial charge in [-0.15, -0.1) is 0 Å². The summed E-state index contributed by atoms with van der Waals surface area (Å²) >= 11 is 0. The van der Waals surface area contributed by atoms with Crippen molar-refractivity contribution >= 4 is 34.6 Å². The summed E-state index contributed by atoms with van der Waals surface area (Å²) in [6.07, 6.45) is 7.07. The SMILES string of the molecule is NC(=O)c1c(Cc2cc(-c3coc4c(=O)cc(N5CCOCC5)oc34)no2)nc(N[C@H]2CCCC[C@H]2[NH3+])n2ncnc12. The lowest BCUT2D eigenvalue weighted by Crippen LogP contribution is -2.68. The van der Waals surface area contributed by atoms with Crippen LogP contribution in [0.3, 0.4) is 0 Å². The molecule has 6 heterocycles. The van der Waals surface area contributed by atoms with Gasteiger partial charge in [-0.05, 0) is 12.8 Å². The van der Waals surface area contributed by atoms with Crippen LogP contribution in [-0.4, -0.2) is 69.0 Å². The molecule has 7 rings (SSSR count). The van der Waals surface area contributed by atoms with E-state index >= 15 is 0 Å². The van der Waals surface area contributed by atoms with E-state index in [0.29, 0.717) is 66.5 Å². The molecule has 218 valence electrons. The molecule has 1 aliphatic carbocycles. The van der Waals surface area contributed by atoms with Crippen molar-refractivity contribution in [2.24, 2.45) is 5.73 Å². The lowest BCUT2D eigenvalue weighted by Gasteiger charge is -2.27. The molecule has 2 atom stereocenters. The second-order valence-electron chi connectivity index (χ2n) is 10.6. The number of carbonyl (C=O) groups excluding carboxylic acids is 1. The van der Waals surface area contributed by atoms with E-state index < -0.39 is 5.91 Å². The van der Waals surface area contributed by atoms with E-state index in [9.17, 15) is 9.59 Å². The van der Waals surface area contributed by atoms with Gasteiger partial charge in [0.05, 0.1) is 43.0 Å². The number of nitrogens with zero attached hydrogens (tertiary/aromatic N) is 6. The number of nitrogens with two attached hydrogens (primary N) is 1. The van der Waals surface area contributed by atoms with Gasteiger partial charge in [0, 0.05) is 25.6 Å². The summed E-state index contributed by atoms with van der Waals surface area (Å²) in [5, 5.41) is 11.9. The number of carbonyl (C=O) groups is 1. The van der Waals surface area contributed by atoms with Crippen molar-refractivity contribution in [2.75, 3.05) is 36.5 Å². The number of ether oxygens (including phenoxy) is 1. The third kappa shape index (κ3) is 4.65. The number of primary amides is 1. The Hall–Kier alpha value is -4.76. The first-order chi connectivity index (χ1) is 20.5. The molecule has 15 nitrogen and oxygen atoms in total. The molecule has 2 fully saturated rings. The van der Waals surface area contributed by atoms with Crippen LogP contribution in [0.15, 0.2) is 42.9 Å². The summed E-state index contributed by atoms with van der Waals surface area (Å²) in [5.74, 6) is 0.596. The Bertz CT molecular complexity index is 1830. The predicted octanol–water partition coefficient (Wildman–Crippen LogP) is 0.970. The molecule has 0 unspecified atom stereocenters. The number of hydrogen-bond acceptors (Lipinski definition) is 12. The van der Waals surface area contributed by atoms with Crippen LogP contribution in [-0.2, 0) is 11.2 Å². The Labute approximate surface area is 237 Å². The average Bonchev–Trinajstić information content (AvgIpc) is 3.75. The van der Waals surface area contributed by atoms with E-state index in [1.54, 1.807) is 6.07 Å². The molecule has 5 aromatic rings. The quantitative estimate of drug-likeness (QED) is 0.248. The Morgan fingerprint density at radius 1 is 1.17 bits per heavy atom. The van der Waals surface area contributed by atoms with Crippen molar-refractivity contribution in [3.63, 3.8) is 0 Å². The van der Waals surface area contributed by atoms with Gasteiger partial charge in [-0.1, -0.05) is 11.6 Å². The Morgan fingerprint density at radius 2 is 2.00 bits per heavy atom. The molecule has 2 aliphatic rings. The second kappa shape index (κ2) is 10.6. The summed E-state index contributed by atoms with van der Waals surface area (Å²) < 4.78 is 24.2. The highest BCUT2D eigenvalue weighted by Crippen LogP contribution is 2.32. The van der Waals surface area contributed by atoms with Crippen LogP contribution in [0.4, 0.5) is 11.8 Å². The molecule has 1 amide bonds. The number of hydrogen-bond donors (Lipinski definition) is 3. The number of rotatable bonds is 7. The van der Waals surface area contributed by atoms with Crippen LogP contribution in [0.5, 0.6) is 0 Å². The van der Waals surface area contributed by atoms with Gasteiger partial charge in [0.1, 0.15) is 35.6 Å². The van der Waals surface area contributed by atoms with Gasteiger partial charge in [0.25, 0.3) is 5.91 Å². The fourth-order valence-electron chi connectivity index (χ4n) is 5.70. The summed E-state index contributed by atoms with van der Waals surface area (Å²) in [4.78, 5) is 36.3. The Kier molecular flexibility index (Phi) is 6.59. The molecule has 1 saturated heterocycles. The minimum Gasteiger partial charge on any atom is -0.456 e. The van der Waals surface area contributed by atoms with E-state index in [1.165, 1.54) is 23.2 Å². The third-order valence-electron chi connectivity index (χ3n) is 7.90. The molecule has 1 aliphatic heterocycles. The van der Waals surface area contributed by atoms with Gasteiger partial charge in [0.15, 0.2) is 17.1 Å². The first-order valence-corrected chi connectivity index (χ1v) is 13.9. The number of furan rings is 1. The van der Waals surface area contributed by atoms with E-state index in [1.807, 2.05) is 4.90 Å². The predicted molar refractivity (Wildman–Crippen MR) is 148 cm³/mol. The fraction of sp³-hybridized carbons (Fsp3) is 0.407. The van der Waals surface area contributed by atoms with Gasteiger partial charge in [-0.2, -0.15) is 9.61 Å². The van der Waals surface area contributed by atoms with Crippen LogP contribution in [0.1, 0.15) is 47.5 Å². The molecule has 1 saturated carbocycles. The maximum atomic E-state index is 12.8. The number of fused-ring (bicyclic) bond motifs is 2. The number of morpholine rings is 1. The topological polar surface area (TPSA) is 208 Å². The van der Waals surface area contributed by atoms with E-state index in [-0.39, 0.29) is 40.7 Å². The van der Waals surface area contributed by atoms with E-state index in [0.717, 1.165) is 25.7 Å². The fourth-order valence-corrected chi connectivity index (χ4v) is 5.70. The van der Waals surface area contributed by atoms with Crippen LogP contribution in [0, 0.1) is 0 Å². The summed E-state index contributed by atoms with van der Waals surface area (Å²) in [5.41, 5.74) is 11.8. The molecular weight excluding hydrogens is 546 g/mol. The molecule has 6 N–H and O–H groups in total. The second-order valence-corrected chi connectivity index (χ2v) is 10.6. The summed E-state index contributed by atoms with van der Waals surface area (Å²) in [7, 11) is 0. The number of nitrogens with one attached hydrogen (secondary N) is 1. The van der Waals surface area contributed by atoms with Gasteiger partial charge in [-0.3, -0.25) is 9.59 Å². The van der Waals surface area contributed by atoms with Crippen molar-refractivity contribution in [1.82, 2.24) is 24.7 Å². The summed E-state index contributed by atoms with van der Waals surface area (Å²) in [6.45, 7) is 2.30. The third-order valence-corrected chi connectivity index (χ3v) is 7.90. The smallest absolute Gasteiger partial charge is 0.254 e. The monoisotopic (exact) mass is 576 g/mol. The lowest BCUT2D eigenvalue weighted by atomic mass is 9.91. The molecule has 42 heavy (non-hydrogen) atoms. The minimum atomic E-state index is -0.687. The van der Waals surface area contributed by atoms with Crippen molar-refractivity contribution in [1.29, 1.82) is 0 Å². The van der Waals surface area contributed by atoms with E-state index in [4.69, 9.17) is 28.8 Å². The standard InChI is InChI=1S/C27H29N9O6/c28-16-3-1-2-4-17(16)32-27-33-19(22(25(29)38)26-30-13-31-36(26)27)10-14-9-18(34-42-14)15-12-40-24-20(37)11-21(41-23(15)24)35-5-7-39-8-6-35/h9,11-13,16-17H,1-8,10,28H2,(H2,29,38)(H,32,33)/p+1/t16-,17+/m1/s1. The highest BCUT2D eigenvalue weighted by atomic mass is 16.5. The lowest BCUT2D eigenvalue weighted by molar-refractivity contribution is -0.427. The van der Waals surface area contributed by atoms with Crippen LogP contribution >= 0.6 is 0 Å². The summed E-state index contributed by atoms with van der Waals surface area (Å²) in [6, 6.07) is 3.42. The molecule has 0 bridgehead atoms. The van der Waals surface area contributed by atoms with Crippen molar-refractivity contribution < 1.29 is 28.6 Å². The maximum absolute atomic E-state index is 12.8. The first kappa shape index (κ1) is 26.2. The van der Waals surface area contributed by atoms with Crippen LogP contribution in [0.25, 0.3) is 28.1 Å². The minimum absolute atomic E-state index is 0.0867. The normalized spacial score (nSPS) is 19.5. The largest absolute Gasteiger partial charge is 0.456 e. The number of anilines is 2. The first-order valence-electron chi connectivity index (χ1n) is 13.9. The van der Waals surface area contributed by atoms with Crippen molar-refractivity contribution in [3.8, 4) is 11.3 Å². The molecule has 0 radical (unpaired) electrons. The Balaban J connectivity index is 1.23.